The van der Waals surface area contributed by atoms with Crippen molar-refractivity contribution in [3.8, 4) is 0 Å². The number of hydrogen-bond acceptors (Lipinski definition) is 5. The average molecular weight is 513 g/mol. The lowest BCUT2D eigenvalue weighted by atomic mass is 10.0. The van der Waals surface area contributed by atoms with E-state index in [1.165, 1.54) is 10.9 Å². The van der Waals surface area contributed by atoms with Gasteiger partial charge in [-0.15, -0.1) is 0 Å². The number of fused-ring (bicyclic) bond motifs is 1. The standard InChI is InChI=1S/C26H33BrN4O2/c1-3-4-8-22(9-6-15-33-26(28)32)31(17-24-19(2)7-5-13-29-24)18-25-23-11-10-21(27)16-20(23)12-14-30-25/h5,7,10-14,16,22H,3-4,6,8-9,15,17-18H2,1-2H3,(H2,28,32). The summed E-state index contributed by atoms with van der Waals surface area (Å²) in [7, 11) is 0. The van der Waals surface area contributed by atoms with Gasteiger partial charge in [0.05, 0.1) is 18.0 Å². The van der Waals surface area contributed by atoms with E-state index in [1.807, 2.05) is 24.5 Å². The molecule has 2 aromatic heterocycles. The maximum Gasteiger partial charge on any atom is 0.404 e. The van der Waals surface area contributed by atoms with Gasteiger partial charge >= 0.3 is 6.09 Å². The zero-order chi connectivity index (χ0) is 23.6. The molecule has 0 saturated carbocycles. The molecule has 2 heterocycles. The van der Waals surface area contributed by atoms with E-state index in [0.717, 1.165) is 66.4 Å². The third-order valence-corrected chi connectivity index (χ3v) is 6.46. The fraction of sp³-hybridized carbons (Fsp3) is 0.423. The Bertz CT molecular complexity index is 1060. The molecule has 6 nitrogen and oxygen atoms in total. The summed E-state index contributed by atoms with van der Waals surface area (Å²) in [4.78, 5) is 22.9. The van der Waals surface area contributed by atoms with Crippen LogP contribution in [0.4, 0.5) is 4.79 Å². The zero-order valence-electron chi connectivity index (χ0n) is 19.5. The van der Waals surface area contributed by atoms with Gasteiger partial charge in [0.2, 0.25) is 0 Å². The van der Waals surface area contributed by atoms with Crippen LogP contribution in [0, 0.1) is 6.92 Å². The van der Waals surface area contributed by atoms with E-state index in [4.69, 9.17) is 15.5 Å². The van der Waals surface area contributed by atoms with Gasteiger partial charge in [-0.05, 0) is 61.4 Å². The van der Waals surface area contributed by atoms with Crippen molar-refractivity contribution < 1.29 is 9.53 Å². The van der Waals surface area contributed by atoms with Crippen LogP contribution in [0.2, 0.25) is 0 Å². The average Bonchev–Trinajstić information content (AvgIpc) is 2.79. The van der Waals surface area contributed by atoms with Gasteiger partial charge in [0.1, 0.15) is 0 Å². The number of amides is 1. The molecule has 0 fully saturated rings. The summed E-state index contributed by atoms with van der Waals surface area (Å²) in [5, 5.41) is 2.33. The molecule has 0 aliphatic heterocycles. The normalized spacial score (nSPS) is 12.2. The number of carbonyl (C=O) groups excluding carboxylic acids is 1. The first-order valence-corrected chi connectivity index (χ1v) is 12.4. The van der Waals surface area contributed by atoms with Crippen LogP contribution < -0.4 is 5.73 Å². The predicted molar refractivity (Wildman–Crippen MR) is 136 cm³/mol. The summed E-state index contributed by atoms with van der Waals surface area (Å²) >= 11 is 3.57. The molecule has 3 aromatic rings. The monoisotopic (exact) mass is 512 g/mol. The smallest absolute Gasteiger partial charge is 0.404 e. The van der Waals surface area contributed by atoms with E-state index in [9.17, 15) is 4.79 Å². The first kappa shape index (κ1) is 25.1. The second kappa shape index (κ2) is 12.7. The van der Waals surface area contributed by atoms with Crippen molar-refractivity contribution in [1.29, 1.82) is 0 Å². The van der Waals surface area contributed by atoms with E-state index in [1.54, 1.807) is 0 Å². The summed E-state index contributed by atoms with van der Waals surface area (Å²) in [6.45, 7) is 6.13. The summed E-state index contributed by atoms with van der Waals surface area (Å²) in [5.74, 6) is 0. The lowest BCUT2D eigenvalue weighted by Crippen LogP contribution is -2.35. The molecule has 176 valence electrons. The van der Waals surface area contributed by atoms with Crippen LogP contribution in [-0.4, -0.2) is 33.6 Å². The minimum atomic E-state index is -0.716. The molecule has 0 saturated heterocycles. The van der Waals surface area contributed by atoms with Crippen LogP contribution in [0.1, 0.15) is 56.0 Å². The van der Waals surface area contributed by atoms with Crippen LogP contribution in [-0.2, 0) is 17.8 Å². The number of rotatable bonds is 12. The number of pyridine rings is 2. The van der Waals surface area contributed by atoms with Crippen LogP contribution in [0.5, 0.6) is 0 Å². The number of aryl methyl sites for hydroxylation is 1. The Labute approximate surface area is 204 Å². The zero-order valence-corrected chi connectivity index (χ0v) is 21.1. The Morgan fingerprint density at radius 2 is 1.85 bits per heavy atom. The van der Waals surface area contributed by atoms with Crippen molar-refractivity contribution in [2.45, 2.75) is 65.1 Å². The Kier molecular flexibility index (Phi) is 9.63. The van der Waals surface area contributed by atoms with Gasteiger partial charge in [0.25, 0.3) is 0 Å². The Balaban J connectivity index is 1.89. The molecular weight excluding hydrogens is 480 g/mol. The first-order chi connectivity index (χ1) is 16.0. The Morgan fingerprint density at radius 3 is 2.61 bits per heavy atom. The fourth-order valence-corrected chi connectivity index (χ4v) is 4.54. The fourth-order valence-electron chi connectivity index (χ4n) is 4.16. The molecule has 3 rings (SSSR count). The number of carbonyl (C=O) groups is 1. The Hall–Kier alpha value is -2.51. The number of unbranched alkanes of at least 4 members (excludes halogenated alkanes) is 1. The van der Waals surface area contributed by atoms with Gasteiger partial charge in [0, 0.05) is 41.4 Å². The van der Waals surface area contributed by atoms with Crippen molar-refractivity contribution in [3.63, 3.8) is 0 Å². The predicted octanol–water partition coefficient (Wildman–Crippen LogP) is 6.14. The molecule has 1 unspecified atom stereocenters. The molecule has 33 heavy (non-hydrogen) atoms. The molecular formula is C26H33BrN4O2. The molecule has 0 radical (unpaired) electrons. The molecule has 1 amide bonds. The molecule has 0 bridgehead atoms. The number of primary amides is 1. The highest BCUT2D eigenvalue weighted by Crippen LogP contribution is 2.26. The number of aromatic nitrogens is 2. The third kappa shape index (κ3) is 7.51. The molecule has 1 atom stereocenters. The largest absolute Gasteiger partial charge is 0.450 e. The molecule has 0 spiro atoms. The second-order valence-electron chi connectivity index (χ2n) is 8.40. The number of ether oxygens (including phenoxy) is 1. The maximum atomic E-state index is 11.0. The van der Waals surface area contributed by atoms with Crippen molar-refractivity contribution >= 4 is 32.8 Å². The van der Waals surface area contributed by atoms with Crippen molar-refractivity contribution in [1.82, 2.24) is 14.9 Å². The van der Waals surface area contributed by atoms with Gasteiger partial charge in [-0.3, -0.25) is 14.9 Å². The lowest BCUT2D eigenvalue weighted by Gasteiger charge is -2.32. The molecule has 2 N–H and O–H groups in total. The first-order valence-electron chi connectivity index (χ1n) is 11.6. The minimum Gasteiger partial charge on any atom is -0.450 e. The highest BCUT2D eigenvalue weighted by Gasteiger charge is 2.21. The minimum absolute atomic E-state index is 0.315. The van der Waals surface area contributed by atoms with Gasteiger partial charge in [0.15, 0.2) is 0 Å². The van der Waals surface area contributed by atoms with Gasteiger partial charge < -0.3 is 10.5 Å². The number of benzene rings is 1. The highest BCUT2D eigenvalue weighted by atomic mass is 79.9. The number of nitrogens with two attached hydrogens (primary N) is 1. The molecule has 0 aliphatic rings. The SMILES string of the molecule is CCCCC(CCCOC(N)=O)N(Cc1ncccc1C)Cc1nccc2cc(Br)ccc12. The van der Waals surface area contributed by atoms with Crippen LogP contribution in [0.15, 0.2) is 53.3 Å². The quantitative estimate of drug-likeness (QED) is 0.295. The van der Waals surface area contributed by atoms with Gasteiger partial charge in [-0.1, -0.05) is 47.8 Å². The van der Waals surface area contributed by atoms with Crippen LogP contribution in [0.3, 0.4) is 0 Å². The Morgan fingerprint density at radius 1 is 1.09 bits per heavy atom. The summed E-state index contributed by atoms with van der Waals surface area (Å²) in [5.41, 5.74) is 8.46. The number of hydrogen-bond donors (Lipinski definition) is 1. The molecule has 0 aliphatic carbocycles. The topological polar surface area (TPSA) is 81.3 Å². The van der Waals surface area contributed by atoms with E-state index >= 15 is 0 Å². The third-order valence-electron chi connectivity index (χ3n) is 5.97. The van der Waals surface area contributed by atoms with Gasteiger partial charge in [-0.25, -0.2) is 4.79 Å². The van der Waals surface area contributed by atoms with Gasteiger partial charge in [-0.2, -0.15) is 0 Å². The van der Waals surface area contributed by atoms with Crippen molar-refractivity contribution in [3.05, 3.63) is 70.2 Å². The summed E-state index contributed by atoms with van der Waals surface area (Å²) in [6, 6.07) is 12.8. The number of halogens is 1. The molecule has 7 heteroatoms. The summed E-state index contributed by atoms with van der Waals surface area (Å²) < 4.78 is 6.05. The van der Waals surface area contributed by atoms with Crippen molar-refractivity contribution in [2.24, 2.45) is 5.73 Å². The van der Waals surface area contributed by atoms with E-state index < -0.39 is 6.09 Å². The van der Waals surface area contributed by atoms with E-state index in [0.29, 0.717) is 12.6 Å². The van der Waals surface area contributed by atoms with Crippen LogP contribution >= 0.6 is 15.9 Å². The van der Waals surface area contributed by atoms with Crippen LogP contribution in [0.25, 0.3) is 10.8 Å². The highest BCUT2D eigenvalue weighted by molar-refractivity contribution is 9.10. The lowest BCUT2D eigenvalue weighted by molar-refractivity contribution is 0.129. The maximum absolute atomic E-state index is 11.0. The van der Waals surface area contributed by atoms with Crippen molar-refractivity contribution in [2.75, 3.05) is 6.61 Å². The summed E-state index contributed by atoms with van der Waals surface area (Å²) in [6.07, 6.45) is 8.04. The second-order valence-corrected chi connectivity index (χ2v) is 9.32. The van der Waals surface area contributed by atoms with E-state index in [-0.39, 0.29) is 0 Å². The number of nitrogens with zero attached hydrogens (tertiary/aromatic N) is 3. The molecule has 1 aromatic carbocycles. The van der Waals surface area contributed by atoms with E-state index in [2.05, 4.69) is 63.9 Å².